The van der Waals surface area contributed by atoms with Crippen molar-refractivity contribution in [1.82, 2.24) is 0 Å². The summed E-state index contributed by atoms with van der Waals surface area (Å²) >= 11 is 0. The summed E-state index contributed by atoms with van der Waals surface area (Å²) in [5.74, 6) is 2.04. The lowest BCUT2D eigenvalue weighted by molar-refractivity contribution is -0.119. The van der Waals surface area contributed by atoms with Gasteiger partial charge >= 0.3 is 0 Å². The van der Waals surface area contributed by atoms with Crippen molar-refractivity contribution in [2.24, 2.45) is 10.9 Å². The van der Waals surface area contributed by atoms with Crippen LogP contribution in [-0.2, 0) is 11.2 Å². The lowest BCUT2D eigenvalue weighted by atomic mass is 9.93. The van der Waals surface area contributed by atoms with Crippen LogP contribution in [0.15, 0.2) is 17.1 Å². The Hall–Kier alpha value is -1.84. The summed E-state index contributed by atoms with van der Waals surface area (Å²) in [7, 11) is 3.26. The first-order chi connectivity index (χ1) is 9.72. The second-order valence-corrected chi connectivity index (χ2v) is 5.36. The van der Waals surface area contributed by atoms with Crippen LogP contribution in [0.1, 0.15) is 30.4 Å². The summed E-state index contributed by atoms with van der Waals surface area (Å²) in [6, 6.07) is 3.96. The average molecular weight is 273 g/mol. The molecule has 3 rings (SSSR count). The SMILES string of the molecule is COc1cc2c(cc1OC)C(CC(=O)C1CC1)=NCC2. The molecule has 2 aliphatic rings. The fraction of sp³-hybridized carbons (Fsp3) is 0.500. The minimum absolute atomic E-state index is 0.281. The highest BCUT2D eigenvalue weighted by Gasteiger charge is 2.31. The second kappa shape index (κ2) is 5.27. The van der Waals surface area contributed by atoms with E-state index >= 15 is 0 Å². The Morgan fingerprint density at radius 1 is 1.25 bits per heavy atom. The van der Waals surface area contributed by atoms with E-state index in [1.165, 1.54) is 5.56 Å². The van der Waals surface area contributed by atoms with E-state index in [-0.39, 0.29) is 5.92 Å². The predicted octanol–water partition coefficient (Wildman–Crippen LogP) is 2.42. The first-order valence-electron chi connectivity index (χ1n) is 7.04. The summed E-state index contributed by atoms with van der Waals surface area (Å²) in [6.07, 6.45) is 3.43. The van der Waals surface area contributed by atoms with E-state index in [1.54, 1.807) is 14.2 Å². The molecule has 0 amide bonds. The molecular formula is C16H19NO3. The van der Waals surface area contributed by atoms with Gasteiger partial charge in [-0.3, -0.25) is 9.79 Å². The van der Waals surface area contributed by atoms with Crippen molar-refractivity contribution >= 4 is 11.5 Å². The number of nitrogens with zero attached hydrogens (tertiary/aromatic N) is 1. The predicted molar refractivity (Wildman–Crippen MR) is 77.0 cm³/mol. The van der Waals surface area contributed by atoms with Crippen molar-refractivity contribution in [3.63, 3.8) is 0 Å². The lowest BCUT2D eigenvalue weighted by Crippen LogP contribution is -2.18. The zero-order valence-electron chi connectivity index (χ0n) is 11.9. The molecule has 4 heteroatoms. The van der Waals surface area contributed by atoms with Crippen molar-refractivity contribution in [1.29, 1.82) is 0 Å². The lowest BCUT2D eigenvalue weighted by Gasteiger charge is -2.19. The molecule has 106 valence electrons. The molecular weight excluding hydrogens is 254 g/mol. The monoisotopic (exact) mass is 273 g/mol. The second-order valence-electron chi connectivity index (χ2n) is 5.36. The standard InChI is InChI=1S/C16H19NO3/c1-19-15-7-11-5-6-17-13(9-14(18)10-3-4-10)12(11)8-16(15)20-2/h7-8,10H,3-6,9H2,1-2H3. The fourth-order valence-electron chi connectivity index (χ4n) is 2.66. The Balaban J connectivity index is 1.92. The Morgan fingerprint density at radius 2 is 1.95 bits per heavy atom. The third-order valence-corrected chi connectivity index (χ3v) is 3.98. The number of Topliss-reactive ketones (excluding diaryl/α,β-unsaturated/α-hetero) is 1. The minimum atomic E-state index is 0.281. The molecule has 0 bridgehead atoms. The molecule has 20 heavy (non-hydrogen) atoms. The summed E-state index contributed by atoms with van der Waals surface area (Å²) in [5.41, 5.74) is 3.14. The number of benzene rings is 1. The zero-order chi connectivity index (χ0) is 14.1. The van der Waals surface area contributed by atoms with E-state index in [4.69, 9.17) is 9.47 Å². The minimum Gasteiger partial charge on any atom is -0.493 e. The molecule has 1 aromatic rings. The van der Waals surface area contributed by atoms with Gasteiger partial charge in [0.05, 0.1) is 14.2 Å². The fourth-order valence-corrected chi connectivity index (χ4v) is 2.66. The van der Waals surface area contributed by atoms with Crippen LogP contribution in [0, 0.1) is 5.92 Å². The van der Waals surface area contributed by atoms with Gasteiger partial charge in [-0.2, -0.15) is 0 Å². The third kappa shape index (κ3) is 2.42. The molecule has 1 heterocycles. The van der Waals surface area contributed by atoms with E-state index in [0.717, 1.165) is 42.8 Å². The van der Waals surface area contributed by atoms with Crippen LogP contribution in [0.5, 0.6) is 11.5 Å². The molecule has 0 aromatic heterocycles. The van der Waals surface area contributed by atoms with Gasteiger partial charge in [0.15, 0.2) is 11.5 Å². The van der Waals surface area contributed by atoms with Crippen molar-refractivity contribution < 1.29 is 14.3 Å². The number of ketones is 1. The van der Waals surface area contributed by atoms with E-state index in [9.17, 15) is 4.79 Å². The molecule has 1 saturated carbocycles. The van der Waals surface area contributed by atoms with Crippen molar-refractivity contribution in [2.45, 2.75) is 25.7 Å². The molecule has 1 aliphatic heterocycles. The number of hydrogen-bond donors (Lipinski definition) is 0. The number of carbonyl (C=O) groups excluding carboxylic acids is 1. The number of fused-ring (bicyclic) bond motifs is 1. The summed E-state index contributed by atoms with van der Waals surface area (Å²) in [4.78, 5) is 16.6. The van der Waals surface area contributed by atoms with E-state index in [1.807, 2.05) is 12.1 Å². The van der Waals surface area contributed by atoms with Gasteiger partial charge in [0.1, 0.15) is 5.78 Å². The number of ether oxygens (including phenoxy) is 2. The molecule has 0 spiro atoms. The Bertz CT molecular complexity index is 573. The zero-order valence-corrected chi connectivity index (χ0v) is 11.9. The molecule has 0 unspecified atom stereocenters. The van der Waals surface area contributed by atoms with Gasteiger partial charge in [-0.25, -0.2) is 0 Å². The van der Waals surface area contributed by atoms with Gasteiger partial charge in [-0.15, -0.1) is 0 Å². The van der Waals surface area contributed by atoms with E-state index < -0.39 is 0 Å². The van der Waals surface area contributed by atoms with Crippen LogP contribution in [0.3, 0.4) is 0 Å². The van der Waals surface area contributed by atoms with Gasteiger partial charge in [-0.05, 0) is 37.0 Å². The smallest absolute Gasteiger partial charge is 0.161 e. The van der Waals surface area contributed by atoms with Crippen LogP contribution in [0.4, 0.5) is 0 Å². The van der Waals surface area contributed by atoms with Gasteiger partial charge in [-0.1, -0.05) is 0 Å². The average Bonchev–Trinajstić information content (AvgIpc) is 3.30. The highest BCUT2D eigenvalue weighted by Crippen LogP contribution is 2.35. The van der Waals surface area contributed by atoms with Gasteiger partial charge in [0.2, 0.25) is 0 Å². The summed E-state index contributed by atoms with van der Waals surface area (Å²) in [5, 5.41) is 0. The van der Waals surface area contributed by atoms with Crippen LogP contribution >= 0.6 is 0 Å². The number of methoxy groups -OCH3 is 2. The summed E-state index contributed by atoms with van der Waals surface area (Å²) in [6.45, 7) is 0.746. The molecule has 0 atom stereocenters. The largest absolute Gasteiger partial charge is 0.493 e. The maximum atomic E-state index is 12.0. The van der Waals surface area contributed by atoms with Crippen LogP contribution < -0.4 is 9.47 Å². The molecule has 4 nitrogen and oxygen atoms in total. The molecule has 0 saturated heterocycles. The van der Waals surface area contributed by atoms with Gasteiger partial charge < -0.3 is 9.47 Å². The normalized spacial score (nSPS) is 17.2. The topological polar surface area (TPSA) is 47.9 Å². The van der Waals surface area contributed by atoms with Gasteiger partial charge in [0, 0.05) is 30.2 Å². The van der Waals surface area contributed by atoms with Crippen LogP contribution in [-0.4, -0.2) is 32.3 Å². The molecule has 1 aliphatic carbocycles. The Morgan fingerprint density at radius 3 is 2.60 bits per heavy atom. The Kier molecular flexibility index (Phi) is 3.47. The number of hydrogen-bond acceptors (Lipinski definition) is 4. The first-order valence-corrected chi connectivity index (χ1v) is 7.04. The molecule has 0 N–H and O–H groups in total. The molecule has 0 radical (unpaired) electrons. The first kappa shape index (κ1) is 13.2. The summed E-state index contributed by atoms with van der Waals surface area (Å²) < 4.78 is 10.7. The van der Waals surface area contributed by atoms with Crippen LogP contribution in [0.2, 0.25) is 0 Å². The Labute approximate surface area is 118 Å². The highest BCUT2D eigenvalue weighted by molar-refractivity contribution is 6.13. The quantitative estimate of drug-likeness (QED) is 0.827. The van der Waals surface area contributed by atoms with Crippen molar-refractivity contribution in [3.05, 3.63) is 23.3 Å². The van der Waals surface area contributed by atoms with E-state index in [2.05, 4.69) is 4.99 Å². The molecule has 1 fully saturated rings. The maximum Gasteiger partial charge on any atom is 0.161 e. The highest BCUT2D eigenvalue weighted by atomic mass is 16.5. The number of carbonyl (C=O) groups is 1. The van der Waals surface area contributed by atoms with Crippen molar-refractivity contribution in [2.75, 3.05) is 20.8 Å². The third-order valence-electron chi connectivity index (χ3n) is 3.98. The number of aliphatic imine (C=N–C) groups is 1. The maximum absolute atomic E-state index is 12.0. The van der Waals surface area contributed by atoms with Gasteiger partial charge in [0.25, 0.3) is 0 Å². The number of rotatable bonds is 5. The molecule has 1 aromatic carbocycles. The van der Waals surface area contributed by atoms with E-state index in [0.29, 0.717) is 18.0 Å². The van der Waals surface area contributed by atoms with Crippen LogP contribution in [0.25, 0.3) is 0 Å². The van der Waals surface area contributed by atoms with Crippen molar-refractivity contribution in [3.8, 4) is 11.5 Å².